The van der Waals surface area contributed by atoms with Crippen LogP contribution in [-0.4, -0.2) is 42.8 Å². The molecule has 0 saturated carbocycles. The van der Waals surface area contributed by atoms with Gasteiger partial charge in [-0.05, 0) is 31.4 Å². The van der Waals surface area contributed by atoms with E-state index in [1.165, 1.54) is 16.5 Å². The molecule has 1 N–H and O–H groups in total. The number of aliphatic hydroxyl groups is 1. The molecule has 5 nitrogen and oxygen atoms in total. The van der Waals surface area contributed by atoms with Crippen LogP contribution >= 0.6 is 0 Å². The molecule has 0 bridgehead atoms. The minimum absolute atomic E-state index is 0.624. The van der Waals surface area contributed by atoms with Gasteiger partial charge in [0.05, 0.1) is 12.1 Å². The van der Waals surface area contributed by atoms with Crippen LogP contribution in [0.25, 0.3) is 10.9 Å². The molecule has 1 aliphatic heterocycles. The summed E-state index contributed by atoms with van der Waals surface area (Å²) in [6.07, 6.45) is 7.59. The quantitative estimate of drug-likeness (QED) is 0.796. The predicted octanol–water partition coefficient (Wildman–Crippen LogP) is 2.71. The number of hydrogen-bond donors (Lipinski definition) is 1. The lowest BCUT2D eigenvalue weighted by Gasteiger charge is -2.38. The minimum atomic E-state index is -0.624. The number of aromatic nitrogens is 3. The van der Waals surface area contributed by atoms with Crippen LogP contribution in [0.3, 0.4) is 0 Å². The average Bonchev–Trinajstić information content (AvgIpc) is 3.14. The van der Waals surface area contributed by atoms with Gasteiger partial charge in [-0.1, -0.05) is 18.2 Å². The number of rotatable bonds is 4. The fourth-order valence-electron chi connectivity index (χ4n) is 3.97. The van der Waals surface area contributed by atoms with Crippen molar-refractivity contribution in [1.29, 1.82) is 0 Å². The summed E-state index contributed by atoms with van der Waals surface area (Å²) in [6, 6.07) is 8.56. The van der Waals surface area contributed by atoms with Gasteiger partial charge in [0.1, 0.15) is 5.82 Å². The molecule has 0 aliphatic carbocycles. The third-order valence-electron chi connectivity index (χ3n) is 5.55. The van der Waals surface area contributed by atoms with Crippen LogP contribution in [0, 0.1) is 6.92 Å². The molecule has 2 aromatic heterocycles. The van der Waals surface area contributed by atoms with E-state index in [-0.39, 0.29) is 0 Å². The Kier molecular flexibility index (Phi) is 4.13. The summed E-state index contributed by atoms with van der Waals surface area (Å²) < 4.78 is 4.26. The van der Waals surface area contributed by atoms with Gasteiger partial charge in [-0.2, -0.15) is 0 Å². The highest BCUT2D eigenvalue weighted by Crippen LogP contribution is 2.27. The average molecular weight is 338 g/mol. The summed E-state index contributed by atoms with van der Waals surface area (Å²) >= 11 is 0. The van der Waals surface area contributed by atoms with Crippen molar-refractivity contribution in [3.63, 3.8) is 0 Å². The number of hydrogen-bond acceptors (Lipinski definition) is 3. The highest BCUT2D eigenvalue weighted by atomic mass is 16.3. The zero-order valence-electron chi connectivity index (χ0n) is 15.0. The van der Waals surface area contributed by atoms with Gasteiger partial charge >= 0.3 is 0 Å². The van der Waals surface area contributed by atoms with E-state index in [4.69, 9.17) is 0 Å². The number of fused-ring (bicyclic) bond motifs is 1. The number of nitrogens with zero attached hydrogens (tertiary/aromatic N) is 4. The van der Waals surface area contributed by atoms with Crippen LogP contribution in [0.5, 0.6) is 0 Å². The monoisotopic (exact) mass is 338 g/mol. The summed E-state index contributed by atoms with van der Waals surface area (Å²) in [5.74, 6) is 0.964. The first-order chi connectivity index (χ1) is 12.0. The minimum Gasteiger partial charge on any atom is -0.388 e. The molecule has 0 atom stereocenters. The molecule has 1 aromatic carbocycles. The lowest BCUT2D eigenvalue weighted by molar-refractivity contribution is -0.0360. The second-order valence-corrected chi connectivity index (χ2v) is 7.39. The van der Waals surface area contributed by atoms with Crippen molar-refractivity contribution in [2.45, 2.75) is 38.5 Å². The van der Waals surface area contributed by atoms with Crippen molar-refractivity contribution >= 4 is 10.9 Å². The van der Waals surface area contributed by atoms with Gasteiger partial charge in [0.2, 0.25) is 0 Å². The summed E-state index contributed by atoms with van der Waals surface area (Å²) in [4.78, 5) is 6.71. The van der Waals surface area contributed by atoms with Gasteiger partial charge in [0.15, 0.2) is 0 Å². The van der Waals surface area contributed by atoms with Gasteiger partial charge in [-0.25, -0.2) is 4.98 Å². The number of piperidine rings is 1. The fourth-order valence-corrected chi connectivity index (χ4v) is 3.97. The van der Waals surface area contributed by atoms with Crippen LogP contribution < -0.4 is 0 Å². The van der Waals surface area contributed by atoms with Gasteiger partial charge in [0.25, 0.3) is 0 Å². The smallest absolute Gasteiger partial charge is 0.105 e. The third kappa shape index (κ3) is 3.22. The van der Waals surface area contributed by atoms with E-state index in [0.717, 1.165) is 38.3 Å². The zero-order chi connectivity index (χ0) is 17.4. The summed E-state index contributed by atoms with van der Waals surface area (Å²) in [6.45, 7) is 5.42. The van der Waals surface area contributed by atoms with Crippen molar-refractivity contribution in [2.24, 2.45) is 7.05 Å². The highest BCUT2D eigenvalue weighted by Gasteiger charge is 2.33. The lowest BCUT2D eigenvalue weighted by atomic mass is 9.91. The largest absolute Gasteiger partial charge is 0.388 e. The predicted molar refractivity (Wildman–Crippen MR) is 99.3 cm³/mol. The molecule has 0 amide bonds. The molecule has 4 rings (SSSR count). The second-order valence-electron chi connectivity index (χ2n) is 7.39. The molecule has 132 valence electrons. The molecule has 0 radical (unpaired) electrons. The van der Waals surface area contributed by atoms with E-state index in [0.29, 0.717) is 6.54 Å². The first-order valence-corrected chi connectivity index (χ1v) is 8.99. The maximum atomic E-state index is 10.9. The van der Waals surface area contributed by atoms with Crippen molar-refractivity contribution in [1.82, 2.24) is 19.0 Å². The molecule has 3 aromatic rings. The molecule has 25 heavy (non-hydrogen) atoms. The highest BCUT2D eigenvalue weighted by molar-refractivity contribution is 5.83. The number of likely N-dealkylation sites (tertiary alicyclic amines) is 1. The normalized spacial score (nSPS) is 18.0. The van der Waals surface area contributed by atoms with Crippen molar-refractivity contribution in [2.75, 3.05) is 13.1 Å². The molecule has 0 unspecified atom stereocenters. The molecule has 5 heteroatoms. The number of para-hydroxylation sites is 1. The maximum Gasteiger partial charge on any atom is 0.105 e. The Morgan fingerprint density at radius 1 is 1.20 bits per heavy atom. The molecule has 1 fully saturated rings. The topological polar surface area (TPSA) is 46.2 Å². The molecule has 1 aliphatic rings. The van der Waals surface area contributed by atoms with Crippen molar-refractivity contribution in [3.8, 4) is 0 Å². The Morgan fingerprint density at radius 3 is 2.68 bits per heavy atom. The summed E-state index contributed by atoms with van der Waals surface area (Å²) in [5, 5.41) is 12.3. The van der Waals surface area contributed by atoms with E-state index in [2.05, 4.69) is 56.5 Å². The van der Waals surface area contributed by atoms with E-state index >= 15 is 0 Å². The summed E-state index contributed by atoms with van der Waals surface area (Å²) in [5.41, 5.74) is 2.02. The van der Waals surface area contributed by atoms with Crippen LogP contribution in [0.1, 0.15) is 24.2 Å². The Hall–Kier alpha value is -2.11. The van der Waals surface area contributed by atoms with Crippen molar-refractivity contribution < 1.29 is 5.11 Å². The Balaban J connectivity index is 1.42. The van der Waals surface area contributed by atoms with Gasteiger partial charge in [-0.15, -0.1) is 0 Å². The van der Waals surface area contributed by atoms with Gasteiger partial charge in [-0.3, -0.25) is 4.90 Å². The molecule has 1 saturated heterocycles. The first kappa shape index (κ1) is 16.4. The van der Waals surface area contributed by atoms with Gasteiger partial charge < -0.3 is 14.2 Å². The van der Waals surface area contributed by atoms with E-state index in [9.17, 15) is 5.11 Å². The lowest BCUT2D eigenvalue weighted by Crippen LogP contribution is -2.46. The standard InChI is InChI=1S/C20H26N4O/c1-16-21-9-12-24(16)15-20(25)7-10-23(11-8-20)14-17-13-22(2)19-6-4-3-5-18(17)19/h3-6,9,12-13,25H,7-8,10-11,14-15H2,1-2H3. The molecule has 0 spiro atoms. The SMILES string of the molecule is Cc1nccn1CC1(O)CCN(Cc2cn(C)c3ccccc23)CC1. The van der Waals surface area contributed by atoms with E-state index < -0.39 is 5.60 Å². The van der Waals surface area contributed by atoms with Crippen LogP contribution in [0.15, 0.2) is 42.9 Å². The Morgan fingerprint density at radius 2 is 1.96 bits per heavy atom. The fraction of sp³-hybridized carbons (Fsp3) is 0.450. The van der Waals surface area contributed by atoms with Crippen LogP contribution in [0.2, 0.25) is 0 Å². The van der Waals surface area contributed by atoms with Crippen LogP contribution in [0.4, 0.5) is 0 Å². The third-order valence-corrected chi connectivity index (χ3v) is 5.55. The van der Waals surface area contributed by atoms with Crippen LogP contribution in [-0.2, 0) is 20.1 Å². The number of aryl methyl sites for hydroxylation is 2. The molecular formula is C20H26N4O. The maximum absolute atomic E-state index is 10.9. The van der Waals surface area contributed by atoms with Crippen molar-refractivity contribution in [3.05, 3.63) is 54.2 Å². The Labute approximate surface area is 148 Å². The van der Waals surface area contributed by atoms with Gasteiger partial charge in [0, 0.05) is 56.2 Å². The molecule has 3 heterocycles. The second kappa shape index (κ2) is 6.32. The Bertz CT molecular complexity index is 871. The molecular weight excluding hydrogens is 312 g/mol. The van der Waals surface area contributed by atoms with E-state index in [1.54, 1.807) is 6.20 Å². The number of imidazole rings is 1. The zero-order valence-corrected chi connectivity index (χ0v) is 15.0. The number of benzene rings is 1. The summed E-state index contributed by atoms with van der Waals surface area (Å²) in [7, 11) is 2.11. The first-order valence-electron chi connectivity index (χ1n) is 8.99. The van der Waals surface area contributed by atoms with E-state index in [1.807, 2.05) is 13.1 Å².